The van der Waals surface area contributed by atoms with Crippen LogP contribution in [0.5, 0.6) is 0 Å². The molecule has 4 nitrogen and oxygen atoms in total. The van der Waals surface area contributed by atoms with Crippen LogP contribution >= 0.6 is 0 Å². The summed E-state index contributed by atoms with van der Waals surface area (Å²) in [7, 11) is 0. The third-order valence-corrected chi connectivity index (χ3v) is 4.19. The SMILES string of the molecule is NC1(CC(=O)NC2CCCCCC2O)CCC1. The monoisotopic (exact) mass is 240 g/mol. The van der Waals surface area contributed by atoms with Crippen molar-refractivity contribution < 1.29 is 9.90 Å². The second-order valence-corrected chi connectivity index (χ2v) is 5.77. The van der Waals surface area contributed by atoms with Crippen molar-refractivity contribution in [1.82, 2.24) is 5.32 Å². The highest BCUT2D eigenvalue weighted by atomic mass is 16.3. The standard InChI is InChI=1S/C13H24N2O2/c14-13(7-4-8-13)9-12(17)15-10-5-2-1-3-6-11(10)16/h10-11,16H,1-9,14H2,(H,15,17). The van der Waals surface area contributed by atoms with Gasteiger partial charge in [0.15, 0.2) is 0 Å². The van der Waals surface area contributed by atoms with E-state index in [-0.39, 0.29) is 23.6 Å². The maximum absolute atomic E-state index is 11.9. The Morgan fingerprint density at radius 2 is 1.94 bits per heavy atom. The Morgan fingerprint density at radius 1 is 1.24 bits per heavy atom. The van der Waals surface area contributed by atoms with Crippen LogP contribution in [0.15, 0.2) is 0 Å². The van der Waals surface area contributed by atoms with E-state index in [1.807, 2.05) is 0 Å². The molecule has 2 aliphatic rings. The Labute approximate surface area is 103 Å². The number of rotatable bonds is 3. The van der Waals surface area contributed by atoms with Gasteiger partial charge in [-0.3, -0.25) is 4.79 Å². The number of carbonyl (C=O) groups is 1. The molecule has 0 aromatic carbocycles. The van der Waals surface area contributed by atoms with E-state index in [4.69, 9.17) is 5.73 Å². The number of nitrogens with two attached hydrogens (primary N) is 1. The summed E-state index contributed by atoms with van der Waals surface area (Å²) in [6.45, 7) is 0. The first-order valence-corrected chi connectivity index (χ1v) is 6.85. The van der Waals surface area contributed by atoms with E-state index >= 15 is 0 Å². The molecular weight excluding hydrogens is 216 g/mol. The summed E-state index contributed by atoms with van der Waals surface area (Å²) in [6.07, 6.45) is 8.09. The lowest BCUT2D eigenvalue weighted by Crippen LogP contribution is -2.52. The topological polar surface area (TPSA) is 75.4 Å². The zero-order valence-electron chi connectivity index (χ0n) is 10.5. The molecule has 0 aromatic rings. The molecule has 2 unspecified atom stereocenters. The molecule has 98 valence electrons. The quantitative estimate of drug-likeness (QED) is 0.646. The van der Waals surface area contributed by atoms with Crippen LogP contribution in [0, 0.1) is 0 Å². The van der Waals surface area contributed by atoms with Crippen LogP contribution in [0.2, 0.25) is 0 Å². The second kappa shape index (κ2) is 5.36. The average molecular weight is 240 g/mol. The fourth-order valence-electron chi connectivity index (χ4n) is 2.84. The van der Waals surface area contributed by atoms with Crippen LogP contribution in [0.4, 0.5) is 0 Å². The number of hydrogen-bond donors (Lipinski definition) is 3. The van der Waals surface area contributed by atoms with Gasteiger partial charge in [-0.1, -0.05) is 19.3 Å². The second-order valence-electron chi connectivity index (χ2n) is 5.77. The fraction of sp³-hybridized carbons (Fsp3) is 0.923. The van der Waals surface area contributed by atoms with Gasteiger partial charge in [0.05, 0.1) is 12.1 Å². The summed E-state index contributed by atoms with van der Waals surface area (Å²) in [4.78, 5) is 11.9. The molecule has 0 aliphatic heterocycles. The Hall–Kier alpha value is -0.610. The first-order chi connectivity index (χ1) is 8.09. The van der Waals surface area contributed by atoms with Crippen LogP contribution in [-0.2, 0) is 4.79 Å². The molecular formula is C13H24N2O2. The van der Waals surface area contributed by atoms with E-state index in [2.05, 4.69) is 5.32 Å². The molecule has 0 aromatic heterocycles. The molecule has 0 radical (unpaired) electrons. The summed E-state index contributed by atoms with van der Waals surface area (Å²) in [5.41, 5.74) is 5.79. The fourth-order valence-corrected chi connectivity index (χ4v) is 2.84. The van der Waals surface area contributed by atoms with Crippen molar-refractivity contribution in [2.75, 3.05) is 0 Å². The van der Waals surface area contributed by atoms with Gasteiger partial charge >= 0.3 is 0 Å². The minimum atomic E-state index is -0.378. The molecule has 2 aliphatic carbocycles. The van der Waals surface area contributed by atoms with E-state index < -0.39 is 0 Å². The highest BCUT2D eigenvalue weighted by Crippen LogP contribution is 2.32. The Morgan fingerprint density at radius 3 is 2.59 bits per heavy atom. The molecule has 0 heterocycles. The first-order valence-electron chi connectivity index (χ1n) is 6.85. The number of carbonyl (C=O) groups excluding carboxylic acids is 1. The minimum Gasteiger partial charge on any atom is -0.391 e. The number of amides is 1. The molecule has 4 heteroatoms. The normalized spacial score (nSPS) is 32.4. The van der Waals surface area contributed by atoms with Crippen molar-refractivity contribution in [2.45, 2.75) is 75.5 Å². The van der Waals surface area contributed by atoms with E-state index in [0.29, 0.717) is 6.42 Å². The summed E-state index contributed by atoms with van der Waals surface area (Å²) < 4.78 is 0. The van der Waals surface area contributed by atoms with Gasteiger partial charge in [0.1, 0.15) is 0 Å². The molecule has 0 saturated heterocycles. The van der Waals surface area contributed by atoms with Crippen molar-refractivity contribution in [3.8, 4) is 0 Å². The molecule has 4 N–H and O–H groups in total. The van der Waals surface area contributed by atoms with Crippen molar-refractivity contribution >= 4 is 5.91 Å². The Kier molecular flexibility index (Phi) is 4.05. The smallest absolute Gasteiger partial charge is 0.222 e. The maximum atomic E-state index is 11.9. The van der Waals surface area contributed by atoms with Crippen molar-refractivity contribution in [3.63, 3.8) is 0 Å². The predicted molar refractivity (Wildman–Crippen MR) is 66.4 cm³/mol. The average Bonchev–Trinajstić information content (AvgIpc) is 2.42. The van der Waals surface area contributed by atoms with Crippen molar-refractivity contribution in [1.29, 1.82) is 0 Å². The van der Waals surface area contributed by atoms with Crippen molar-refractivity contribution in [2.24, 2.45) is 5.73 Å². The predicted octanol–water partition coefficient (Wildman–Crippen LogP) is 1.07. The summed E-state index contributed by atoms with van der Waals surface area (Å²) in [6, 6.07) is -0.0614. The highest BCUT2D eigenvalue weighted by Gasteiger charge is 2.35. The lowest BCUT2D eigenvalue weighted by molar-refractivity contribution is -0.124. The van der Waals surface area contributed by atoms with Crippen LogP contribution < -0.4 is 11.1 Å². The number of aliphatic hydroxyl groups excluding tert-OH is 1. The maximum Gasteiger partial charge on any atom is 0.222 e. The van der Waals surface area contributed by atoms with E-state index in [9.17, 15) is 9.90 Å². The van der Waals surface area contributed by atoms with Crippen LogP contribution in [-0.4, -0.2) is 28.7 Å². The van der Waals surface area contributed by atoms with Crippen molar-refractivity contribution in [3.05, 3.63) is 0 Å². The van der Waals surface area contributed by atoms with Gasteiger partial charge in [-0.15, -0.1) is 0 Å². The lowest BCUT2D eigenvalue weighted by Gasteiger charge is -2.38. The molecule has 0 bridgehead atoms. The van der Waals surface area contributed by atoms with Gasteiger partial charge in [-0.05, 0) is 32.1 Å². The van der Waals surface area contributed by atoms with Gasteiger partial charge in [0, 0.05) is 12.0 Å². The van der Waals surface area contributed by atoms with Gasteiger partial charge in [0.25, 0.3) is 0 Å². The summed E-state index contributed by atoms with van der Waals surface area (Å²) in [5, 5.41) is 12.9. The highest BCUT2D eigenvalue weighted by molar-refractivity contribution is 5.77. The number of aliphatic hydroxyl groups is 1. The molecule has 2 atom stereocenters. The molecule has 2 saturated carbocycles. The molecule has 17 heavy (non-hydrogen) atoms. The van der Waals surface area contributed by atoms with Gasteiger partial charge in [0.2, 0.25) is 5.91 Å². The lowest BCUT2D eigenvalue weighted by atomic mass is 9.75. The number of nitrogens with one attached hydrogen (secondary N) is 1. The largest absolute Gasteiger partial charge is 0.391 e. The van der Waals surface area contributed by atoms with Crippen LogP contribution in [0.25, 0.3) is 0 Å². The Bertz CT molecular complexity index is 277. The third-order valence-electron chi connectivity index (χ3n) is 4.19. The Balaban J connectivity index is 1.80. The van der Waals surface area contributed by atoms with Gasteiger partial charge in [-0.25, -0.2) is 0 Å². The van der Waals surface area contributed by atoms with Crippen LogP contribution in [0.1, 0.15) is 57.8 Å². The minimum absolute atomic E-state index is 0.0122. The molecule has 2 rings (SSSR count). The molecule has 2 fully saturated rings. The molecule has 0 spiro atoms. The zero-order chi connectivity index (χ0) is 12.3. The summed E-state index contributed by atoms with van der Waals surface area (Å²) in [5.74, 6) is 0.0122. The zero-order valence-corrected chi connectivity index (χ0v) is 10.5. The van der Waals surface area contributed by atoms with Gasteiger partial charge < -0.3 is 16.2 Å². The van der Waals surface area contributed by atoms with E-state index in [1.165, 1.54) is 0 Å². The van der Waals surface area contributed by atoms with Gasteiger partial charge in [-0.2, -0.15) is 0 Å². The van der Waals surface area contributed by atoms with Crippen LogP contribution in [0.3, 0.4) is 0 Å². The number of hydrogen-bond acceptors (Lipinski definition) is 3. The molecule has 1 amide bonds. The van der Waals surface area contributed by atoms with E-state index in [1.54, 1.807) is 0 Å². The summed E-state index contributed by atoms with van der Waals surface area (Å²) >= 11 is 0. The third kappa shape index (κ3) is 3.42. The first kappa shape index (κ1) is 12.8. The van der Waals surface area contributed by atoms with E-state index in [0.717, 1.165) is 51.4 Å².